The molecule has 4 N–H and O–H groups in total. The molecule has 236 valence electrons. The maximum atomic E-state index is 7.22. The van der Waals surface area contributed by atoms with E-state index in [2.05, 4.69) is 154 Å². The lowest BCUT2D eigenvalue weighted by atomic mass is 9.53. The van der Waals surface area contributed by atoms with Crippen molar-refractivity contribution in [1.29, 1.82) is 0 Å². The van der Waals surface area contributed by atoms with Gasteiger partial charge in [-0.15, -0.1) is 0 Å². The Balaban J connectivity index is 1.43. The molecule has 1 heterocycles. The lowest BCUT2D eigenvalue weighted by Crippen LogP contribution is -2.43. The van der Waals surface area contributed by atoms with Crippen LogP contribution in [0.1, 0.15) is 83.3 Å². The van der Waals surface area contributed by atoms with Crippen molar-refractivity contribution in [2.75, 3.05) is 16.4 Å². The molecule has 0 amide bonds. The number of hydrogen-bond donors (Lipinski definition) is 2. The van der Waals surface area contributed by atoms with Crippen LogP contribution in [0.2, 0.25) is 0 Å². The normalized spacial score (nSPS) is 17.2. The van der Waals surface area contributed by atoms with Crippen molar-refractivity contribution in [3.63, 3.8) is 0 Å². The van der Waals surface area contributed by atoms with E-state index in [1.54, 1.807) is 0 Å². The first-order valence-corrected chi connectivity index (χ1v) is 17.2. The number of anilines is 5. The number of nitrogen functional groups attached to an aromatic ring is 2. The average molecular weight is 624 g/mol. The summed E-state index contributed by atoms with van der Waals surface area (Å²) in [6, 6.07) is 47.3. The highest BCUT2D eigenvalue weighted by Gasteiger charge is 2.52. The number of nitrogens with zero attached hydrogens (tertiary/aromatic N) is 1. The second-order valence-electron chi connectivity index (χ2n) is 14.9. The van der Waals surface area contributed by atoms with Crippen molar-refractivity contribution in [3.8, 4) is 0 Å². The van der Waals surface area contributed by atoms with E-state index < -0.39 is 5.41 Å². The van der Waals surface area contributed by atoms with Gasteiger partial charge in [0.1, 0.15) is 0 Å². The topological polar surface area (TPSA) is 55.3 Å². The zero-order chi connectivity index (χ0) is 33.0. The number of aryl methyl sites for hydroxylation is 2. The molecule has 1 spiro atoms. The molecule has 0 aromatic heterocycles. The van der Waals surface area contributed by atoms with Gasteiger partial charge < -0.3 is 16.4 Å². The second-order valence-corrected chi connectivity index (χ2v) is 14.9. The van der Waals surface area contributed by atoms with Crippen LogP contribution in [0.3, 0.4) is 0 Å². The Morgan fingerprint density at radius 3 is 1.52 bits per heavy atom. The SMILES string of the molecule is CC1(C)c2ccccc2N(c2ccc3c(c2)C2(c4ccccc4C(C)(C)c4ccccc42)c2c(ccc(N)c2N)CC3)c2ccccc21. The van der Waals surface area contributed by atoms with Crippen LogP contribution in [0, 0.1) is 0 Å². The third-order valence-corrected chi connectivity index (χ3v) is 11.8. The van der Waals surface area contributed by atoms with Crippen LogP contribution in [0.15, 0.2) is 127 Å². The van der Waals surface area contributed by atoms with Gasteiger partial charge in [-0.3, -0.25) is 0 Å². The lowest BCUT2D eigenvalue weighted by Gasteiger charge is -2.49. The molecule has 6 aromatic rings. The van der Waals surface area contributed by atoms with E-state index in [-0.39, 0.29) is 10.8 Å². The Hall–Kier alpha value is -5.28. The molecule has 6 aromatic carbocycles. The van der Waals surface area contributed by atoms with Crippen molar-refractivity contribution < 1.29 is 0 Å². The van der Waals surface area contributed by atoms with Crippen LogP contribution in [0.5, 0.6) is 0 Å². The fourth-order valence-corrected chi connectivity index (χ4v) is 9.51. The first kappa shape index (κ1) is 28.9. The van der Waals surface area contributed by atoms with Crippen molar-refractivity contribution >= 4 is 28.4 Å². The number of rotatable bonds is 1. The summed E-state index contributed by atoms with van der Waals surface area (Å²) >= 11 is 0. The van der Waals surface area contributed by atoms with Crippen LogP contribution in [-0.4, -0.2) is 0 Å². The Labute approximate surface area is 283 Å². The molecule has 9 rings (SSSR count). The second kappa shape index (κ2) is 9.87. The standard InChI is InChI=1S/C45H41N3/c1-43(2)31-13-5-7-15-33(31)45(34-16-8-6-14-32(34)43)37-27-30(25-23-28(37)21-22-29-24-26-38(46)42(47)41(29)45)48-39-19-11-9-17-35(39)44(3,4)36-18-10-12-20-40(36)48/h5-20,23-27H,21-22,46-47H2,1-4H3. The van der Waals surface area contributed by atoms with E-state index in [0.717, 1.165) is 24.1 Å². The molecule has 0 fully saturated rings. The predicted octanol–water partition coefficient (Wildman–Crippen LogP) is 10.1. The van der Waals surface area contributed by atoms with E-state index in [9.17, 15) is 0 Å². The fraction of sp³-hybridized carbons (Fsp3) is 0.200. The minimum Gasteiger partial charge on any atom is -0.397 e. The summed E-state index contributed by atoms with van der Waals surface area (Å²) in [6.45, 7) is 9.41. The van der Waals surface area contributed by atoms with Crippen LogP contribution >= 0.6 is 0 Å². The van der Waals surface area contributed by atoms with Gasteiger partial charge in [-0.25, -0.2) is 0 Å². The van der Waals surface area contributed by atoms with Crippen molar-refractivity contribution in [1.82, 2.24) is 0 Å². The maximum Gasteiger partial charge on any atom is 0.0734 e. The van der Waals surface area contributed by atoms with Crippen molar-refractivity contribution in [2.24, 2.45) is 0 Å². The lowest BCUT2D eigenvalue weighted by molar-refractivity contribution is 0.558. The largest absolute Gasteiger partial charge is 0.397 e. The Morgan fingerprint density at radius 1 is 0.479 bits per heavy atom. The molecule has 48 heavy (non-hydrogen) atoms. The zero-order valence-electron chi connectivity index (χ0n) is 28.1. The molecular weight excluding hydrogens is 583 g/mol. The number of hydrogen-bond acceptors (Lipinski definition) is 3. The molecule has 0 bridgehead atoms. The summed E-state index contributed by atoms with van der Waals surface area (Å²) in [5, 5.41) is 0. The highest BCUT2D eigenvalue weighted by molar-refractivity contribution is 5.88. The maximum absolute atomic E-state index is 7.22. The summed E-state index contributed by atoms with van der Waals surface area (Å²) in [5.41, 5.74) is 30.8. The monoisotopic (exact) mass is 623 g/mol. The van der Waals surface area contributed by atoms with Crippen LogP contribution in [0.25, 0.3) is 0 Å². The third-order valence-electron chi connectivity index (χ3n) is 11.8. The Morgan fingerprint density at radius 2 is 0.938 bits per heavy atom. The average Bonchev–Trinajstić information content (AvgIpc) is 3.25. The van der Waals surface area contributed by atoms with Crippen LogP contribution in [-0.2, 0) is 29.1 Å². The van der Waals surface area contributed by atoms with E-state index in [1.807, 2.05) is 6.07 Å². The van der Waals surface area contributed by atoms with E-state index in [4.69, 9.17) is 11.5 Å². The Bertz CT molecular complexity index is 2190. The van der Waals surface area contributed by atoms with Gasteiger partial charge in [0.05, 0.1) is 28.2 Å². The minimum absolute atomic E-state index is 0.131. The number of para-hydroxylation sites is 2. The van der Waals surface area contributed by atoms with Crippen LogP contribution < -0.4 is 16.4 Å². The molecule has 0 saturated carbocycles. The van der Waals surface area contributed by atoms with Crippen molar-refractivity contribution in [3.05, 3.63) is 183 Å². The number of benzene rings is 6. The number of nitrogens with two attached hydrogens (primary N) is 2. The molecular formula is C45H41N3. The van der Waals surface area contributed by atoms with Gasteiger partial charge in [0.25, 0.3) is 0 Å². The molecule has 3 heteroatoms. The molecule has 3 nitrogen and oxygen atoms in total. The van der Waals surface area contributed by atoms with E-state index in [0.29, 0.717) is 11.4 Å². The molecule has 2 aliphatic carbocycles. The molecule has 0 saturated heterocycles. The summed E-state index contributed by atoms with van der Waals surface area (Å²) < 4.78 is 0. The molecule has 0 radical (unpaired) electrons. The summed E-state index contributed by atoms with van der Waals surface area (Å²) in [4.78, 5) is 2.48. The van der Waals surface area contributed by atoms with Crippen molar-refractivity contribution in [2.45, 2.75) is 56.8 Å². The van der Waals surface area contributed by atoms with Gasteiger partial charge in [-0.2, -0.15) is 0 Å². The van der Waals surface area contributed by atoms with Gasteiger partial charge in [0, 0.05) is 16.5 Å². The van der Waals surface area contributed by atoms with Gasteiger partial charge in [-0.05, 0) is 98.8 Å². The minimum atomic E-state index is -0.659. The number of fused-ring (bicyclic) bond motifs is 10. The van der Waals surface area contributed by atoms with Gasteiger partial charge in [0.15, 0.2) is 0 Å². The smallest absolute Gasteiger partial charge is 0.0734 e. The fourth-order valence-electron chi connectivity index (χ4n) is 9.51. The molecule has 1 aliphatic heterocycles. The van der Waals surface area contributed by atoms with E-state index >= 15 is 0 Å². The van der Waals surface area contributed by atoms with Gasteiger partial charge >= 0.3 is 0 Å². The van der Waals surface area contributed by atoms with Gasteiger partial charge in [-0.1, -0.05) is 125 Å². The Kier molecular flexibility index (Phi) is 5.94. The summed E-state index contributed by atoms with van der Waals surface area (Å²) in [5.74, 6) is 0. The first-order chi connectivity index (χ1) is 23.2. The van der Waals surface area contributed by atoms with E-state index in [1.165, 1.54) is 61.4 Å². The van der Waals surface area contributed by atoms with Gasteiger partial charge in [0.2, 0.25) is 0 Å². The first-order valence-electron chi connectivity index (χ1n) is 17.2. The predicted molar refractivity (Wildman–Crippen MR) is 200 cm³/mol. The molecule has 0 unspecified atom stereocenters. The zero-order valence-corrected chi connectivity index (χ0v) is 28.1. The quantitative estimate of drug-likeness (QED) is 0.179. The molecule has 3 aliphatic rings. The highest BCUT2D eigenvalue weighted by Crippen LogP contribution is 2.60. The summed E-state index contributed by atoms with van der Waals surface area (Å²) in [7, 11) is 0. The highest BCUT2D eigenvalue weighted by atomic mass is 15.2. The molecule has 0 atom stereocenters. The summed E-state index contributed by atoms with van der Waals surface area (Å²) in [6.07, 6.45) is 1.81. The third kappa shape index (κ3) is 3.59. The van der Waals surface area contributed by atoms with Crippen LogP contribution in [0.4, 0.5) is 28.4 Å².